The average Bonchev–Trinajstić information content (AvgIpc) is 2.59. The van der Waals surface area contributed by atoms with Crippen LogP contribution in [0.1, 0.15) is 19.4 Å². The first kappa shape index (κ1) is 19.5. The van der Waals surface area contributed by atoms with Crippen LogP contribution in [0, 0.1) is 0 Å². The van der Waals surface area contributed by atoms with E-state index in [1.165, 1.54) is 6.08 Å². The van der Waals surface area contributed by atoms with Gasteiger partial charge in [0.2, 0.25) is 0 Å². The van der Waals surface area contributed by atoms with Crippen molar-refractivity contribution >= 4 is 35.6 Å². The highest BCUT2D eigenvalue weighted by atomic mass is 35.5. The lowest BCUT2D eigenvalue weighted by atomic mass is 10.0. The summed E-state index contributed by atoms with van der Waals surface area (Å²) in [4.78, 5) is 35.6. The summed E-state index contributed by atoms with van der Waals surface area (Å²) in [6.45, 7) is 3.27. The zero-order valence-electron chi connectivity index (χ0n) is 14.4. The molecule has 138 valence electrons. The summed E-state index contributed by atoms with van der Waals surface area (Å²) in [6, 6.07) is 5.88. The number of amides is 2. The number of carbonyl (C=O) groups is 3. The number of esters is 2. The number of carbonyl (C=O) groups excluding carboxylic acids is 3. The van der Waals surface area contributed by atoms with Crippen molar-refractivity contribution in [2.45, 2.75) is 19.9 Å². The highest BCUT2D eigenvalue weighted by Gasteiger charge is 2.30. The Balaban J connectivity index is 2.05. The van der Waals surface area contributed by atoms with Crippen molar-refractivity contribution in [1.82, 2.24) is 10.6 Å². The maximum Gasteiger partial charge on any atom is 0.338 e. The Kier molecular flexibility index (Phi) is 6.80. The minimum absolute atomic E-state index is 0.194. The Bertz CT molecular complexity index is 755. The molecular formula is C18H19ClN2O5. The molecule has 0 aromatic heterocycles. The lowest BCUT2D eigenvalue weighted by molar-refractivity contribution is -0.140. The van der Waals surface area contributed by atoms with Crippen LogP contribution in [0.5, 0.6) is 0 Å². The number of benzene rings is 1. The third kappa shape index (κ3) is 5.35. The Hall–Kier alpha value is -2.80. The van der Waals surface area contributed by atoms with Crippen molar-refractivity contribution in [3.63, 3.8) is 0 Å². The molecule has 1 aliphatic heterocycles. The fraction of sp³-hybridized carbons (Fsp3) is 0.278. The molecular weight excluding hydrogens is 360 g/mol. The van der Waals surface area contributed by atoms with E-state index in [0.29, 0.717) is 5.02 Å². The zero-order chi connectivity index (χ0) is 19.1. The van der Waals surface area contributed by atoms with E-state index in [9.17, 15) is 14.4 Å². The SMILES string of the molecule is CCOC(=O)C1=C(COC(=O)/C=C/c2ccc(Cl)cc2)NC(=O)NC1C. The Morgan fingerprint density at radius 2 is 1.92 bits per heavy atom. The van der Waals surface area contributed by atoms with Gasteiger partial charge in [-0.3, -0.25) is 0 Å². The molecule has 0 saturated carbocycles. The van der Waals surface area contributed by atoms with Crippen molar-refractivity contribution < 1.29 is 23.9 Å². The normalized spacial score (nSPS) is 16.9. The molecule has 0 saturated heterocycles. The molecule has 1 aromatic carbocycles. The third-order valence-electron chi connectivity index (χ3n) is 3.51. The monoisotopic (exact) mass is 378 g/mol. The van der Waals surface area contributed by atoms with Crippen molar-refractivity contribution in [3.05, 3.63) is 52.2 Å². The van der Waals surface area contributed by atoms with Gasteiger partial charge in [0.15, 0.2) is 0 Å². The van der Waals surface area contributed by atoms with Gasteiger partial charge in [-0.15, -0.1) is 0 Å². The van der Waals surface area contributed by atoms with Gasteiger partial charge >= 0.3 is 18.0 Å². The minimum atomic E-state index is -0.615. The van der Waals surface area contributed by atoms with E-state index in [1.54, 1.807) is 44.2 Å². The summed E-state index contributed by atoms with van der Waals surface area (Å²) < 4.78 is 10.1. The molecule has 1 atom stereocenters. The van der Waals surface area contributed by atoms with E-state index in [0.717, 1.165) is 5.56 Å². The van der Waals surface area contributed by atoms with Crippen molar-refractivity contribution in [2.75, 3.05) is 13.2 Å². The van der Waals surface area contributed by atoms with Gasteiger partial charge in [0.25, 0.3) is 0 Å². The fourth-order valence-corrected chi connectivity index (χ4v) is 2.45. The van der Waals surface area contributed by atoms with Gasteiger partial charge in [0.05, 0.1) is 23.9 Å². The largest absolute Gasteiger partial charge is 0.463 e. The van der Waals surface area contributed by atoms with E-state index in [-0.39, 0.29) is 24.5 Å². The molecule has 1 unspecified atom stereocenters. The van der Waals surface area contributed by atoms with Gasteiger partial charge in [-0.1, -0.05) is 23.7 Å². The lowest BCUT2D eigenvalue weighted by Gasteiger charge is -2.26. The zero-order valence-corrected chi connectivity index (χ0v) is 15.1. The molecule has 1 aromatic rings. The van der Waals surface area contributed by atoms with E-state index >= 15 is 0 Å². The maximum absolute atomic E-state index is 12.1. The first-order chi connectivity index (χ1) is 12.4. The second-order valence-electron chi connectivity index (χ2n) is 5.43. The summed E-state index contributed by atoms with van der Waals surface area (Å²) >= 11 is 5.80. The van der Waals surface area contributed by atoms with Crippen LogP contribution in [0.25, 0.3) is 6.08 Å². The molecule has 0 aliphatic carbocycles. The van der Waals surface area contributed by atoms with Crippen LogP contribution in [0.4, 0.5) is 4.79 Å². The highest BCUT2D eigenvalue weighted by molar-refractivity contribution is 6.30. The van der Waals surface area contributed by atoms with Crippen LogP contribution in [-0.2, 0) is 19.1 Å². The number of urea groups is 1. The van der Waals surface area contributed by atoms with E-state index < -0.39 is 24.0 Å². The summed E-state index contributed by atoms with van der Waals surface area (Å²) in [5.74, 6) is -1.19. The average molecular weight is 379 g/mol. The molecule has 1 heterocycles. The van der Waals surface area contributed by atoms with Gasteiger partial charge in [-0.05, 0) is 37.6 Å². The fourth-order valence-electron chi connectivity index (χ4n) is 2.32. The number of nitrogens with one attached hydrogen (secondary N) is 2. The summed E-state index contributed by atoms with van der Waals surface area (Å²) in [6.07, 6.45) is 2.82. The van der Waals surface area contributed by atoms with Gasteiger partial charge in [0, 0.05) is 11.1 Å². The Morgan fingerprint density at radius 3 is 2.58 bits per heavy atom. The van der Waals surface area contributed by atoms with Crippen LogP contribution >= 0.6 is 11.6 Å². The predicted octanol–water partition coefficient (Wildman–Crippen LogP) is 2.41. The smallest absolute Gasteiger partial charge is 0.338 e. The number of hydrogen-bond acceptors (Lipinski definition) is 5. The minimum Gasteiger partial charge on any atom is -0.463 e. The predicted molar refractivity (Wildman–Crippen MR) is 96.2 cm³/mol. The second-order valence-corrected chi connectivity index (χ2v) is 5.86. The van der Waals surface area contributed by atoms with Crippen LogP contribution in [-0.4, -0.2) is 37.2 Å². The lowest BCUT2D eigenvalue weighted by Crippen LogP contribution is -2.50. The van der Waals surface area contributed by atoms with Crippen molar-refractivity contribution in [3.8, 4) is 0 Å². The molecule has 0 fully saturated rings. The summed E-state index contributed by atoms with van der Waals surface area (Å²) in [5.41, 5.74) is 1.20. The topological polar surface area (TPSA) is 93.7 Å². The van der Waals surface area contributed by atoms with Gasteiger partial charge < -0.3 is 20.1 Å². The van der Waals surface area contributed by atoms with Crippen LogP contribution in [0.2, 0.25) is 5.02 Å². The molecule has 2 rings (SSSR count). The summed E-state index contributed by atoms with van der Waals surface area (Å²) in [7, 11) is 0. The van der Waals surface area contributed by atoms with E-state index in [1.807, 2.05) is 0 Å². The molecule has 2 amide bonds. The van der Waals surface area contributed by atoms with Gasteiger partial charge in [0.1, 0.15) is 6.61 Å². The quantitative estimate of drug-likeness (QED) is 0.585. The van der Waals surface area contributed by atoms with E-state index in [2.05, 4.69) is 10.6 Å². The highest BCUT2D eigenvalue weighted by Crippen LogP contribution is 2.15. The number of hydrogen-bond donors (Lipinski definition) is 2. The number of rotatable bonds is 6. The number of halogens is 1. The standard InChI is InChI=1S/C18H19ClN2O5/c1-3-25-17(23)16-11(2)20-18(24)21-14(16)10-26-15(22)9-6-12-4-7-13(19)8-5-12/h4-9,11H,3,10H2,1-2H3,(H2,20,21,24)/b9-6+. The summed E-state index contributed by atoms with van der Waals surface area (Å²) in [5, 5.41) is 5.64. The molecule has 2 N–H and O–H groups in total. The Labute approximate surface area is 156 Å². The van der Waals surface area contributed by atoms with Crippen LogP contribution < -0.4 is 10.6 Å². The molecule has 7 nitrogen and oxygen atoms in total. The molecule has 0 spiro atoms. The molecule has 0 bridgehead atoms. The Morgan fingerprint density at radius 1 is 1.23 bits per heavy atom. The van der Waals surface area contributed by atoms with Gasteiger partial charge in [-0.2, -0.15) is 0 Å². The van der Waals surface area contributed by atoms with Gasteiger partial charge in [-0.25, -0.2) is 14.4 Å². The number of ether oxygens (including phenoxy) is 2. The third-order valence-corrected chi connectivity index (χ3v) is 3.76. The van der Waals surface area contributed by atoms with E-state index in [4.69, 9.17) is 21.1 Å². The first-order valence-corrected chi connectivity index (χ1v) is 8.36. The van der Waals surface area contributed by atoms with Crippen molar-refractivity contribution in [2.24, 2.45) is 0 Å². The molecule has 0 radical (unpaired) electrons. The van der Waals surface area contributed by atoms with Crippen LogP contribution in [0.3, 0.4) is 0 Å². The molecule has 26 heavy (non-hydrogen) atoms. The first-order valence-electron chi connectivity index (χ1n) is 7.98. The second kappa shape index (κ2) is 9.05. The maximum atomic E-state index is 12.1. The van der Waals surface area contributed by atoms with Crippen LogP contribution in [0.15, 0.2) is 41.6 Å². The van der Waals surface area contributed by atoms with Crippen molar-refractivity contribution in [1.29, 1.82) is 0 Å². The molecule has 8 heteroatoms. The molecule has 1 aliphatic rings.